The van der Waals surface area contributed by atoms with E-state index in [-0.39, 0.29) is 12.4 Å². The third-order valence-corrected chi connectivity index (χ3v) is 2.70. The van der Waals surface area contributed by atoms with E-state index in [4.69, 9.17) is 14.9 Å². The summed E-state index contributed by atoms with van der Waals surface area (Å²) in [5.41, 5.74) is 0.943. The average Bonchev–Trinajstić information content (AvgIpc) is 2.48. The van der Waals surface area contributed by atoms with Crippen LogP contribution in [0, 0.1) is 5.82 Å². The van der Waals surface area contributed by atoms with Crippen LogP contribution in [0.4, 0.5) is 4.39 Å². The SMILES string of the molecule is O=C(O)/C=C/c1cccc(F)c1Oc1cccc(CO)c1. The number of carboxylic acids is 1. The van der Waals surface area contributed by atoms with Crippen molar-refractivity contribution in [2.45, 2.75) is 6.61 Å². The number of carboxylic acid groups (broad SMARTS) is 1. The molecular formula is C16H13FO4. The third-order valence-electron chi connectivity index (χ3n) is 2.70. The Kier molecular flexibility index (Phi) is 4.68. The standard InChI is InChI=1S/C16H13FO4/c17-14-6-2-4-12(7-8-15(19)20)16(14)21-13-5-1-3-11(9-13)10-18/h1-9,18H,10H2,(H,19,20)/b8-7+. The molecule has 0 atom stereocenters. The molecule has 2 aromatic rings. The molecule has 2 aromatic carbocycles. The van der Waals surface area contributed by atoms with Crippen molar-refractivity contribution in [1.82, 2.24) is 0 Å². The second-order valence-electron chi connectivity index (χ2n) is 4.24. The van der Waals surface area contributed by atoms with E-state index in [0.29, 0.717) is 16.9 Å². The number of aliphatic hydroxyl groups excluding tert-OH is 1. The zero-order valence-electron chi connectivity index (χ0n) is 11.0. The number of ether oxygens (including phenoxy) is 1. The lowest BCUT2D eigenvalue weighted by atomic mass is 10.1. The summed E-state index contributed by atoms with van der Waals surface area (Å²) in [7, 11) is 0. The van der Waals surface area contributed by atoms with E-state index in [1.54, 1.807) is 30.3 Å². The Balaban J connectivity index is 2.36. The lowest BCUT2D eigenvalue weighted by Crippen LogP contribution is -1.93. The average molecular weight is 288 g/mol. The number of aliphatic hydroxyl groups is 1. The zero-order chi connectivity index (χ0) is 15.2. The normalized spacial score (nSPS) is 10.8. The summed E-state index contributed by atoms with van der Waals surface area (Å²) >= 11 is 0. The van der Waals surface area contributed by atoms with Crippen LogP contribution < -0.4 is 4.74 Å². The molecule has 108 valence electrons. The van der Waals surface area contributed by atoms with E-state index in [2.05, 4.69) is 0 Å². The summed E-state index contributed by atoms with van der Waals surface area (Å²) in [6.07, 6.45) is 2.17. The van der Waals surface area contributed by atoms with Gasteiger partial charge in [0.25, 0.3) is 0 Å². The number of benzene rings is 2. The first kappa shape index (κ1) is 14.7. The van der Waals surface area contributed by atoms with Crippen LogP contribution in [-0.2, 0) is 11.4 Å². The molecule has 2 N–H and O–H groups in total. The molecule has 0 bridgehead atoms. The van der Waals surface area contributed by atoms with Crippen LogP contribution in [0.3, 0.4) is 0 Å². The van der Waals surface area contributed by atoms with Crippen molar-refractivity contribution < 1.29 is 24.1 Å². The van der Waals surface area contributed by atoms with Gasteiger partial charge in [-0.2, -0.15) is 0 Å². The fourth-order valence-corrected chi connectivity index (χ4v) is 1.75. The maximum absolute atomic E-state index is 13.9. The molecule has 0 unspecified atom stereocenters. The molecule has 5 heteroatoms. The Morgan fingerprint density at radius 1 is 1.24 bits per heavy atom. The number of hydrogen-bond donors (Lipinski definition) is 2. The first-order chi connectivity index (χ1) is 10.1. The van der Waals surface area contributed by atoms with E-state index >= 15 is 0 Å². The minimum Gasteiger partial charge on any atom is -0.478 e. The van der Waals surface area contributed by atoms with E-state index in [1.807, 2.05) is 0 Å². The predicted molar refractivity (Wildman–Crippen MR) is 75.5 cm³/mol. The lowest BCUT2D eigenvalue weighted by molar-refractivity contribution is -0.131. The van der Waals surface area contributed by atoms with Crippen molar-refractivity contribution in [2.24, 2.45) is 0 Å². The molecule has 21 heavy (non-hydrogen) atoms. The minimum atomic E-state index is -1.13. The molecule has 0 aliphatic heterocycles. The highest BCUT2D eigenvalue weighted by atomic mass is 19.1. The summed E-state index contributed by atoms with van der Waals surface area (Å²) in [6, 6.07) is 10.8. The zero-order valence-corrected chi connectivity index (χ0v) is 11.0. The van der Waals surface area contributed by atoms with Gasteiger partial charge in [0.05, 0.1) is 6.61 Å². The number of aliphatic carboxylic acids is 1. The van der Waals surface area contributed by atoms with Crippen LogP contribution in [0.5, 0.6) is 11.5 Å². The summed E-state index contributed by atoms with van der Waals surface area (Å²) in [5.74, 6) is -1.44. The van der Waals surface area contributed by atoms with Crippen LogP contribution in [-0.4, -0.2) is 16.2 Å². The van der Waals surface area contributed by atoms with Gasteiger partial charge in [0.15, 0.2) is 11.6 Å². The number of carbonyl (C=O) groups is 1. The number of rotatable bonds is 5. The highest BCUT2D eigenvalue weighted by Gasteiger charge is 2.10. The fourth-order valence-electron chi connectivity index (χ4n) is 1.75. The number of para-hydroxylation sites is 1. The molecule has 0 radical (unpaired) electrons. The van der Waals surface area contributed by atoms with Crippen LogP contribution in [0.25, 0.3) is 6.08 Å². The second kappa shape index (κ2) is 6.67. The Hall–Kier alpha value is -2.66. The van der Waals surface area contributed by atoms with E-state index in [9.17, 15) is 9.18 Å². The molecule has 0 aliphatic carbocycles. The van der Waals surface area contributed by atoms with Gasteiger partial charge in [-0.05, 0) is 29.8 Å². The van der Waals surface area contributed by atoms with Crippen molar-refractivity contribution in [3.63, 3.8) is 0 Å². The van der Waals surface area contributed by atoms with Gasteiger partial charge in [-0.1, -0.05) is 24.3 Å². The maximum atomic E-state index is 13.9. The van der Waals surface area contributed by atoms with Crippen LogP contribution >= 0.6 is 0 Å². The van der Waals surface area contributed by atoms with Gasteiger partial charge in [0.1, 0.15) is 5.75 Å². The molecule has 0 aliphatic rings. The first-order valence-corrected chi connectivity index (χ1v) is 6.17. The van der Waals surface area contributed by atoms with Gasteiger partial charge in [-0.3, -0.25) is 0 Å². The highest BCUT2D eigenvalue weighted by Crippen LogP contribution is 2.29. The van der Waals surface area contributed by atoms with E-state index < -0.39 is 11.8 Å². The Morgan fingerprint density at radius 3 is 2.71 bits per heavy atom. The lowest BCUT2D eigenvalue weighted by Gasteiger charge is -2.10. The minimum absolute atomic E-state index is 0.0647. The predicted octanol–water partition coefficient (Wildman–Crippen LogP) is 3.21. The van der Waals surface area contributed by atoms with Gasteiger partial charge < -0.3 is 14.9 Å². The van der Waals surface area contributed by atoms with Crippen molar-refractivity contribution in [1.29, 1.82) is 0 Å². The smallest absolute Gasteiger partial charge is 0.328 e. The maximum Gasteiger partial charge on any atom is 0.328 e. The quantitative estimate of drug-likeness (QED) is 0.829. The molecule has 0 heterocycles. The van der Waals surface area contributed by atoms with Gasteiger partial charge in [-0.15, -0.1) is 0 Å². The van der Waals surface area contributed by atoms with Crippen LogP contribution in [0.2, 0.25) is 0 Å². The molecule has 4 nitrogen and oxygen atoms in total. The number of hydrogen-bond acceptors (Lipinski definition) is 3. The van der Waals surface area contributed by atoms with Crippen molar-refractivity contribution in [3.8, 4) is 11.5 Å². The van der Waals surface area contributed by atoms with Crippen molar-refractivity contribution >= 4 is 12.0 Å². The topological polar surface area (TPSA) is 66.8 Å². The van der Waals surface area contributed by atoms with Gasteiger partial charge in [0.2, 0.25) is 0 Å². The molecule has 2 rings (SSSR count). The van der Waals surface area contributed by atoms with Gasteiger partial charge >= 0.3 is 5.97 Å². The highest BCUT2D eigenvalue weighted by molar-refractivity contribution is 5.85. The molecule has 0 fully saturated rings. The summed E-state index contributed by atoms with van der Waals surface area (Å²) in [5, 5.41) is 17.7. The van der Waals surface area contributed by atoms with Gasteiger partial charge in [0, 0.05) is 11.6 Å². The van der Waals surface area contributed by atoms with Crippen molar-refractivity contribution in [3.05, 3.63) is 65.5 Å². The molecule has 0 saturated heterocycles. The summed E-state index contributed by atoms with van der Waals surface area (Å²) in [4.78, 5) is 10.6. The Labute approximate surface area is 120 Å². The molecule has 0 aromatic heterocycles. The van der Waals surface area contributed by atoms with E-state index in [0.717, 1.165) is 6.08 Å². The van der Waals surface area contributed by atoms with Crippen molar-refractivity contribution in [2.75, 3.05) is 0 Å². The molecular weight excluding hydrogens is 275 g/mol. The summed E-state index contributed by atoms with van der Waals surface area (Å²) in [6.45, 7) is -0.153. The van der Waals surface area contributed by atoms with Crippen LogP contribution in [0.1, 0.15) is 11.1 Å². The Morgan fingerprint density at radius 2 is 2.00 bits per heavy atom. The first-order valence-electron chi connectivity index (χ1n) is 6.17. The monoisotopic (exact) mass is 288 g/mol. The fraction of sp³-hybridized carbons (Fsp3) is 0.0625. The van der Waals surface area contributed by atoms with E-state index in [1.165, 1.54) is 18.2 Å². The third kappa shape index (κ3) is 3.90. The Bertz CT molecular complexity index is 680. The molecule has 0 saturated carbocycles. The molecule has 0 spiro atoms. The number of halogens is 1. The largest absolute Gasteiger partial charge is 0.478 e. The molecule has 0 amide bonds. The van der Waals surface area contributed by atoms with Crippen LogP contribution in [0.15, 0.2) is 48.5 Å². The summed E-state index contributed by atoms with van der Waals surface area (Å²) < 4.78 is 19.4. The second-order valence-corrected chi connectivity index (χ2v) is 4.24. The van der Waals surface area contributed by atoms with Gasteiger partial charge in [-0.25, -0.2) is 9.18 Å².